The molecule has 1 atom stereocenters. The van der Waals surface area contributed by atoms with Gasteiger partial charge in [0.1, 0.15) is 0 Å². The zero-order valence-electron chi connectivity index (χ0n) is 21.0. The Hall–Kier alpha value is -3.45. The van der Waals surface area contributed by atoms with E-state index < -0.39 is 0 Å². The van der Waals surface area contributed by atoms with Gasteiger partial charge in [-0.05, 0) is 68.5 Å². The molecule has 180 valence electrons. The molecular formula is C28H31N5OS. The van der Waals surface area contributed by atoms with Gasteiger partial charge in [-0.2, -0.15) is 0 Å². The monoisotopic (exact) mass is 485 g/mol. The molecular weight excluding hydrogens is 454 g/mol. The van der Waals surface area contributed by atoms with Crippen LogP contribution in [-0.4, -0.2) is 30.9 Å². The molecule has 1 N–H and O–H groups in total. The van der Waals surface area contributed by atoms with Crippen molar-refractivity contribution in [2.24, 2.45) is 0 Å². The van der Waals surface area contributed by atoms with Crippen LogP contribution < -0.4 is 5.32 Å². The molecule has 0 bridgehead atoms. The highest BCUT2D eigenvalue weighted by Crippen LogP contribution is 2.34. The molecule has 4 aromatic rings. The molecule has 0 aliphatic carbocycles. The van der Waals surface area contributed by atoms with Crippen molar-refractivity contribution in [1.29, 1.82) is 0 Å². The van der Waals surface area contributed by atoms with Crippen LogP contribution in [0.5, 0.6) is 0 Å². The van der Waals surface area contributed by atoms with Crippen molar-refractivity contribution in [3.8, 4) is 17.1 Å². The van der Waals surface area contributed by atoms with Crippen LogP contribution in [-0.2, 0) is 4.79 Å². The van der Waals surface area contributed by atoms with Gasteiger partial charge in [0.25, 0.3) is 0 Å². The van der Waals surface area contributed by atoms with E-state index in [-0.39, 0.29) is 11.2 Å². The normalized spacial score (nSPS) is 12.1. The lowest BCUT2D eigenvalue weighted by Gasteiger charge is -2.19. The summed E-state index contributed by atoms with van der Waals surface area (Å²) in [4.78, 5) is 17.5. The second kappa shape index (κ2) is 10.4. The minimum Gasteiger partial charge on any atom is -0.325 e. The summed E-state index contributed by atoms with van der Waals surface area (Å²) in [6.45, 7) is 12.3. The number of para-hydroxylation sites is 1. The van der Waals surface area contributed by atoms with Gasteiger partial charge in [0.15, 0.2) is 11.0 Å². The van der Waals surface area contributed by atoms with E-state index in [0.29, 0.717) is 16.9 Å². The van der Waals surface area contributed by atoms with Gasteiger partial charge < -0.3 is 5.32 Å². The highest BCUT2D eigenvalue weighted by atomic mass is 32.2. The molecule has 35 heavy (non-hydrogen) atoms. The number of nitrogens with one attached hydrogen (secondary N) is 1. The summed E-state index contributed by atoms with van der Waals surface area (Å²) in [5.74, 6) is 0.938. The zero-order valence-corrected chi connectivity index (χ0v) is 21.9. The molecule has 0 saturated carbocycles. The standard InChI is InChI=1S/C28H31N5OS/c1-17(2)23-11-7-8-12-24(23)33-26(22-10-9-13-29-16-22)31-32-28(33)35-21(6)27(34)30-25-19(4)14-18(3)15-20(25)5/h7-17,21H,1-6H3,(H,30,34). The quantitative estimate of drug-likeness (QED) is 0.303. The number of hydrogen-bond donors (Lipinski definition) is 1. The summed E-state index contributed by atoms with van der Waals surface area (Å²) in [6, 6.07) is 16.3. The zero-order chi connectivity index (χ0) is 25.1. The Morgan fingerprint density at radius 1 is 0.971 bits per heavy atom. The first-order valence-electron chi connectivity index (χ1n) is 11.8. The first-order chi connectivity index (χ1) is 16.8. The highest BCUT2D eigenvalue weighted by molar-refractivity contribution is 8.00. The van der Waals surface area contributed by atoms with Crippen LogP contribution >= 0.6 is 11.8 Å². The summed E-state index contributed by atoms with van der Waals surface area (Å²) >= 11 is 1.40. The fourth-order valence-corrected chi connectivity index (χ4v) is 5.10. The van der Waals surface area contributed by atoms with E-state index in [0.717, 1.165) is 28.1 Å². The van der Waals surface area contributed by atoms with Gasteiger partial charge in [0.2, 0.25) is 5.91 Å². The number of carbonyl (C=O) groups excluding carboxylic acids is 1. The third kappa shape index (κ3) is 5.30. The second-order valence-corrected chi connectivity index (χ2v) is 10.4. The number of hydrogen-bond acceptors (Lipinski definition) is 5. The predicted octanol–water partition coefficient (Wildman–Crippen LogP) is 6.50. The maximum Gasteiger partial charge on any atom is 0.237 e. The minimum absolute atomic E-state index is 0.0697. The first-order valence-corrected chi connectivity index (χ1v) is 12.6. The summed E-state index contributed by atoms with van der Waals surface area (Å²) in [7, 11) is 0. The average Bonchev–Trinajstić information content (AvgIpc) is 3.24. The van der Waals surface area contributed by atoms with Gasteiger partial charge >= 0.3 is 0 Å². The van der Waals surface area contributed by atoms with Gasteiger partial charge in [-0.25, -0.2) is 0 Å². The van der Waals surface area contributed by atoms with Crippen LogP contribution in [0.15, 0.2) is 66.1 Å². The Bertz CT molecular complexity index is 1320. The topological polar surface area (TPSA) is 72.7 Å². The molecule has 0 aliphatic rings. The molecule has 0 saturated heterocycles. The number of rotatable bonds is 7. The van der Waals surface area contributed by atoms with E-state index in [1.165, 1.54) is 22.9 Å². The lowest BCUT2D eigenvalue weighted by atomic mass is 10.0. The van der Waals surface area contributed by atoms with Crippen molar-refractivity contribution in [1.82, 2.24) is 19.7 Å². The number of nitrogens with zero attached hydrogens (tertiary/aromatic N) is 4. The molecule has 0 radical (unpaired) electrons. The number of amides is 1. The van der Waals surface area contributed by atoms with Crippen LogP contribution in [0.3, 0.4) is 0 Å². The first kappa shape index (κ1) is 24.7. The predicted molar refractivity (Wildman–Crippen MR) is 143 cm³/mol. The van der Waals surface area contributed by atoms with Crippen molar-refractivity contribution >= 4 is 23.4 Å². The lowest BCUT2D eigenvalue weighted by molar-refractivity contribution is -0.115. The summed E-state index contributed by atoms with van der Waals surface area (Å²) in [5.41, 5.74) is 7.22. The van der Waals surface area contributed by atoms with E-state index in [1.54, 1.807) is 12.4 Å². The number of thioether (sulfide) groups is 1. The van der Waals surface area contributed by atoms with E-state index >= 15 is 0 Å². The van der Waals surface area contributed by atoms with E-state index in [4.69, 9.17) is 0 Å². The van der Waals surface area contributed by atoms with Crippen LogP contribution in [0.4, 0.5) is 5.69 Å². The van der Waals surface area contributed by atoms with Gasteiger partial charge in [-0.15, -0.1) is 10.2 Å². The fourth-order valence-electron chi connectivity index (χ4n) is 4.24. The van der Waals surface area contributed by atoms with Crippen LogP contribution in [0.25, 0.3) is 17.1 Å². The molecule has 0 fully saturated rings. The molecule has 2 aromatic heterocycles. The SMILES string of the molecule is Cc1cc(C)c(NC(=O)C(C)Sc2nnc(-c3cccnc3)n2-c2ccccc2C(C)C)c(C)c1. The molecule has 6 nitrogen and oxygen atoms in total. The smallest absolute Gasteiger partial charge is 0.237 e. The Balaban J connectivity index is 1.70. The van der Waals surface area contributed by atoms with Crippen LogP contribution in [0.2, 0.25) is 0 Å². The lowest BCUT2D eigenvalue weighted by Crippen LogP contribution is -2.24. The van der Waals surface area contributed by atoms with Crippen LogP contribution in [0, 0.1) is 20.8 Å². The molecule has 0 aliphatic heterocycles. The minimum atomic E-state index is -0.383. The van der Waals surface area contributed by atoms with Crippen molar-refractivity contribution in [3.05, 3.63) is 83.2 Å². The van der Waals surface area contributed by atoms with Gasteiger partial charge in [-0.1, -0.05) is 61.5 Å². The third-order valence-electron chi connectivity index (χ3n) is 5.93. The number of benzene rings is 2. The number of aromatic nitrogens is 4. The number of carbonyl (C=O) groups is 1. The number of pyridine rings is 1. The summed E-state index contributed by atoms with van der Waals surface area (Å²) in [6.07, 6.45) is 3.52. The molecule has 2 aromatic carbocycles. The second-order valence-electron chi connectivity index (χ2n) is 9.12. The Kier molecular flexibility index (Phi) is 7.36. The molecule has 2 heterocycles. The third-order valence-corrected chi connectivity index (χ3v) is 6.97. The maximum atomic E-state index is 13.2. The summed E-state index contributed by atoms with van der Waals surface area (Å²) in [5, 5.41) is 12.4. The van der Waals surface area contributed by atoms with Gasteiger partial charge in [0, 0.05) is 23.6 Å². The van der Waals surface area contributed by atoms with Crippen LogP contribution in [0.1, 0.15) is 48.9 Å². The van der Waals surface area contributed by atoms with E-state index in [2.05, 4.69) is 65.5 Å². The Morgan fingerprint density at radius 3 is 2.34 bits per heavy atom. The molecule has 4 rings (SSSR count). The Morgan fingerprint density at radius 2 is 1.69 bits per heavy atom. The van der Waals surface area contributed by atoms with Crippen molar-refractivity contribution < 1.29 is 4.79 Å². The highest BCUT2D eigenvalue weighted by Gasteiger charge is 2.24. The fraction of sp³-hybridized carbons (Fsp3) is 0.286. The van der Waals surface area contributed by atoms with Crippen molar-refractivity contribution in [3.63, 3.8) is 0 Å². The molecule has 1 amide bonds. The van der Waals surface area contributed by atoms with Crippen molar-refractivity contribution in [2.45, 2.75) is 57.9 Å². The largest absolute Gasteiger partial charge is 0.325 e. The van der Waals surface area contributed by atoms with Gasteiger partial charge in [0.05, 0.1) is 10.9 Å². The van der Waals surface area contributed by atoms with E-state index in [1.807, 2.05) is 49.6 Å². The number of anilines is 1. The van der Waals surface area contributed by atoms with Crippen molar-refractivity contribution in [2.75, 3.05) is 5.32 Å². The average molecular weight is 486 g/mol. The summed E-state index contributed by atoms with van der Waals surface area (Å²) < 4.78 is 2.04. The Labute approximate surface area is 211 Å². The van der Waals surface area contributed by atoms with Gasteiger partial charge in [-0.3, -0.25) is 14.3 Å². The molecule has 7 heteroatoms. The molecule has 1 unspecified atom stereocenters. The van der Waals surface area contributed by atoms with E-state index in [9.17, 15) is 4.79 Å². The number of aryl methyl sites for hydroxylation is 3. The maximum absolute atomic E-state index is 13.2. The molecule has 0 spiro atoms.